The van der Waals surface area contributed by atoms with Gasteiger partial charge in [0.1, 0.15) is 12.1 Å². The molecule has 0 aromatic carbocycles. The molecule has 8 heteroatoms. The van der Waals surface area contributed by atoms with Crippen molar-refractivity contribution < 1.29 is 34.4 Å². The first-order valence-corrected chi connectivity index (χ1v) is 6.05. The third-order valence-corrected chi connectivity index (χ3v) is 3.64. The Morgan fingerprint density at radius 2 is 2.11 bits per heavy atom. The molecule has 5 N–H and O–H groups in total. The summed E-state index contributed by atoms with van der Waals surface area (Å²) in [6, 6.07) is -1.34. The first-order chi connectivity index (χ1) is 8.85. The molecule has 8 nitrogen and oxygen atoms in total. The molecule has 0 aliphatic carbocycles. The monoisotopic (exact) mass is 275 g/mol. The van der Waals surface area contributed by atoms with Gasteiger partial charge < -0.3 is 30.5 Å². The smallest absolute Gasteiger partial charge is 0.336 e. The molecule has 2 heterocycles. The Morgan fingerprint density at radius 3 is 2.63 bits per heavy atom. The standard InChI is InChI=1S/C11H17NO7/c12-5(9(14)15)3-11(10(16)17)4-7-8(19-11)6(13)1-2-18-7/h5-8,13H,1-4,12H2,(H,14,15)(H,16,17)/t5-,6+,7?,8?,11+/m0/s1. The molecule has 19 heavy (non-hydrogen) atoms. The quantitative estimate of drug-likeness (QED) is 0.488. The highest BCUT2D eigenvalue weighted by Crippen LogP contribution is 2.40. The fourth-order valence-electron chi connectivity index (χ4n) is 2.61. The van der Waals surface area contributed by atoms with Crippen molar-refractivity contribution in [3.63, 3.8) is 0 Å². The van der Waals surface area contributed by atoms with Gasteiger partial charge in [-0.2, -0.15) is 0 Å². The van der Waals surface area contributed by atoms with Gasteiger partial charge in [-0.1, -0.05) is 0 Å². The van der Waals surface area contributed by atoms with Crippen LogP contribution in [0.15, 0.2) is 0 Å². The summed E-state index contributed by atoms with van der Waals surface area (Å²) in [7, 11) is 0. The van der Waals surface area contributed by atoms with Crippen LogP contribution >= 0.6 is 0 Å². The Bertz CT molecular complexity index is 387. The van der Waals surface area contributed by atoms with Crippen LogP contribution in [0.1, 0.15) is 19.3 Å². The van der Waals surface area contributed by atoms with E-state index in [9.17, 15) is 19.8 Å². The third-order valence-electron chi connectivity index (χ3n) is 3.64. The summed E-state index contributed by atoms with van der Waals surface area (Å²) < 4.78 is 10.8. The molecule has 0 aromatic rings. The van der Waals surface area contributed by atoms with Gasteiger partial charge in [-0.25, -0.2) is 4.79 Å². The van der Waals surface area contributed by atoms with E-state index in [1.807, 2.05) is 0 Å². The Kier molecular flexibility index (Phi) is 3.77. The molecule has 2 saturated heterocycles. The maximum Gasteiger partial charge on any atom is 0.336 e. The number of fused-ring (bicyclic) bond motifs is 1. The zero-order valence-electron chi connectivity index (χ0n) is 10.2. The van der Waals surface area contributed by atoms with Crippen LogP contribution < -0.4 is 5.73 Å². The maximum atomic E-state index is 11.4. The van der Waals surface area contributed by atoms with Gasteiger partial charge >= 0.3 is 11.9 Å². The molecule has 2 aliphatic heterocycles. The molecule has 0 spiro atoms. The Morgan fingerprint density at radius 1 is 1.42 bits per heavy atom. The molecule has 2 unspecified atom stereocenters. The number of hydrogen-bond donors (Lipinski definition) is 4. The molecule has 108 valence electrons. The molecule has 5 atom stereocenters. The van der Waals surface area contributed by atoms with Crippen LogP contribution in [-0.2, 0) is 19.1 Å². The van der Waals surface area contributed by atoms with Crippen LogP contribution in [0, 0.1) is 0 Å². The van der Waals surface area contributed by atoms with E-state index >= 15 is 0 Å². The Hall–Kier alpha value is -1.22. The van der Waals surface area contributed by atoms with Gasteiger partial charge in [0.2, 0.25) is 0 Å². The minimum Gasteiger partial charge on any atom is -0.480 e. The van der Waals surface area contributed by atoms with E-state index in [-0.39, 0.29) is 12.8 Å². The van der Waals surface area contributed by atoms with E-state index < -0.39 is 41.9 Å². The third kappa shape index (κ3) is 2.57. The summed E-state index contributed by atoms with van der Waals surface area (Å²) in [4.78, 5) is 22.2. The highest BCUT2D eigenvalue weighted by molar-refractivity contribution is 5.80. The number of aliphatic hydroxyl groups is 1. The van der Waals surface area contributed by atoms with E-state index in [1.165, 1.54) is 0 Å². The van der Waals surface area contributed by atoms with E-state index in [1.54, 1.807) is 0 Å². The second-order valence-electron chi connectivity index (χ2n) is 5.00. The summed E-state index contributed by atoms with van der Waals surface area (Å²) in [5.41, 5.74) is 3.69. The van der Waals surface area contributed by atoms with Crippen molar-refractivity contribution in [2.24, 2.45) is 5.73 Å². The minimum atomic E-state index is -1.71. The molecule has 0 radical (unpaired) electrons. The van der Waals surface area contributed by atoms with Gasteiger partial charge in [-0.15, -0.1) is 0 Å². The molecule has 2 rings (SSSR count). The number of carboxylic acids is 2. The van der Waals surface area contributed by atoms with E-state index in [4.69, 9.17) is 20.3 Å². The van der Waals surface area contributed by atoms with Crippen LogP contribution in [0.2, 0.25) is 0 Å². The lowest BCUT2D eigenvalue weighted by atomic mass is 9.90. The summed E-state index contributed by atoms with van der Waals surface area (Å²) in [6.07, 6.45) is -2.10. The van der Waals surface area contributed by atoms with Crippen molar-refractivity contribution in [3.05, 3.63) is 0 Å². The number of rotatable bonds is 4. The average Bonchev–Trinajstić information content (AvgIpc) is 2.70. The van der Waals surface area contributed by atoms with E-state index in [0.29, 0.717) is 13.0 Å². The molecule has 0 saturated carbocycles. The lowest BCUT2D eigenvalue weighted by molar-refractivity contribution is -0.178. The fraction of sp³-hybridized carbons (Fsp3) is 0.818. The summed E-state index contributed by atoms with van der Waals surface area (Å²) >= 11 is 0. The number of aliphatic hydroxyl groups excluding tert-OH is 1. The molecule has 0 bridgehead atoms. The molecule has 0 amide bonds. The normalized spacial score (nSPS) is 39.6. The van der Waals surface area contributed by atoms with Crippen molar-refractivity contribution in [1.82, 2.24) is 0 Å². The topological polar surface area (TPSA) is 139 Å². The van der Waals surface area contributed by atoms with Gasteiger partial charge in [0, 0.05) is 19.4 Å². The van der Waals surface area contributed by atoms with Crippen LogP contribution in [0.5, 0.6) is 0 Å². The second-order valence-corrected chi connectivity index (χ2v) is 5.00. The number of carboxylic acid groups (broad SMARTS) is 2. The first-order valence-electron chi connectivity index (χ1n) is 6.05. The van der Waals surface area contributed by atoms with Gasteiger partial charge in [0.15, 0.2) is 5.60 Å². The number of nitrogens with two attached hydrogens (primary N) is 1. The summed E-state index contributed by atoms with van der Waals surface area (Å²) in [5, 5.41) is 27.9. The fourth-order valence-corrected chi connectivity index (χ4v) is 2.61. The largest absolute Gasteiger partial charge is 0.480 e. The van der Waals surface area contributed by atoms with Gasteiger partial charge in [0.05, 0.1) is 12.2 Å². The van der Waals surface area contributed by atoms with Crippen molar-refractivity contribution >= 4 is 11.9 Å². The maximum absolute atomic E-state index is 11.4. The van der Waals surface area contributed by atoms with E-state index in [2.05, 4.69) is 0 Å². The molecule has 0 aromatic heterocycles. The number of hydrogen-bond acceptors (Lipinski definition) is 6. The molecular formula is C11H17NO7. The predicted molar refractivity (Wildman–Crippen MR) is 60.4 cm³/mol. The van der Waals surface area contributed by atoms with Crippen LogP contribution in [0.25, 0.3) is 0 Å². The van der Waals surface area contributed by atoms with E-state index in [0.717, 1.165) is 0 Å². The number of ether oxygens (including phenoxy) is 2. The van der Waals surface area contributed by atoms with Crippen molar-refractivity contribution in [2.45, 2.75) is 49.2 Å². The predicted octanol–water partition coefficient (Wildman–Crippen LogP) is -1.45. The zero-order chi connectivity index (χ0) is 14.2. The summed E-state index contributed by atoms with van der Waals surface area (Å²) in [6.45, 7) is 0.326. The summed E-state index contributed by atoms with van der Waals surface area (Å²) in [5.74, 6) is -2.57. The number of carbonyl (C=O) groups is 2. The number of aliphatic carboxylic acids is 2. The SMILES string of the molecule is N[C@@H](C[C@]1(C(=O)O)CC2OCC[C@@H](O)C2O1)C(=O)O. The highest BCUT2D eigenvalue weighted by atomic mass is 16.6. The minimum absolute atomic E-state index is 0.00889. The van der Waals surface area contributed by atoms with Gasteiger partial charge in [-0.3, -0.25) is 4.79 Å². The highest BCUT2D eigenvalue weighted by Gasteiger charge is 2.56. The average molecular weight is 275 g/mol. The van der Waals surface area contributed by atoms with Crippen LogP contribution in [0.3, 0.4) is 0 Å². The molecule has 2 fully saturated rings. The lowest BCUT2D eigenvalue weighted by Crippen LogP contribution is -2.47. The first kappa shape index (κ1) is 14.2. The molecule has 2 aliphatic rings. The van der Waals surface area contributed by atoms with Crippen molar-refractivity contribution in [1.29, 1.82) is 0 Å². The van der Waals surface area contributed by atoms with Crippen molar-refractivity contribution in [2.75, 3.05) is 6.61 Å². The van der Waals surface area contributed by atoms with Crippen LogP contribution in [-0.4, -0.2) is 63.8 Å². The second kappa shape index (κ2) is 5.04. The van der Waals surface area contributed by atoms with Crippen molar-refractivity contribution in [3.8, 4) is 0 Å². The van der Waals surface area contributed by atoms with Crippen LogP contribution in [0.4, 0.5) is 0 Å². The lowest BCUT2D eigenvalue weighted by Gasteiger charge is -2.30. The Balaban J connectivity index is 2.18. The van der Waals surface area contributed by atoms with Gasteiger partial charge in [0.25, 0.3) is 0 Å². The molecular weight excluding hydrogens is 258 g/mol. The Labute approximate surface area is 109 Å². The van der Waals surface area contributed by atoms with Gasteiger partial charge in [-0.05, 0) is 6.42 Å². The zero-order valence-corrected chi connectivity index (χ0v) is 10.2.